The average Bonchev–Trinajstić information content (AvgIpc) is 3.05. The lowest BCUT2D eigenvalue weighted by Crippen LogP contribution is -2.63. The van der Waals surface area contributed by atoms with Crippen LogP contribution in [0.5, 0.6) is 0 Å². The van der Waals surface area contributed by atoms with E-state index in [1.807, 2.05) is 23.1 Å². The normalized spacial score (nSPS) is 24.7. The van der Waals surface area contributed by atoms with Crippen molar-refractivity contribution < 1.29 is 14.3 Å². The van der Waals surface area contributed by atoms with Crippen LogP contribution >= 0.6 is 0 Å². The summed E-state index contributed by atoms with van der Waals surface area (Å²) in [4.78, 5) is 31.6. The highest BCUT2D eigenvalue weighted by atomic mass is 16.5. The van der Waals surface area contributed by atoms with E-state index in [0.29, 0.717) is 25.1 Å². The summed E-state index contributed by atoms with van der Waals surface area (Å²) in [6, 6.07) is 6.54. The summed E-state index contributed by atoms with van der Waals surface area (Å²) in [6.45, 7) is 8.31. The first-order valence-corrected chi connectivity index (χ1v) is 10.4. The van der Waals surface area contributed by atoms with Crippen molar-refractivity contribution in [2.24, 2.45) is 5.92 Å². The molecule has 0 N–H and O–H groups in total. The minimum Gasteiger partial charge on any atom is -0.381 e. The van der Waals surface area contributed by atoms with Gasteiger partial charge in [0.2, 0.25) is 11.8 Å². The number of hydrogen-bond donors (Lipinski definition) is 0. The Balaban J connectivity index is 1.30. The van der Waals surface area contributed by atoms with Gasteiger partial charge in [0.25, 0.3) is 0 Å². The molecule has 6 heteroatoms. The summed E-state index contributed by atoms with van der Waals surface area (Å²) >= 11 is 0. The summed E-state index contributed by atoms with van der Waals surface area (Å²) in [5.74, 6) is -0.0164. The highest BCUT2D eigenvalue weighted by Gasteiger charge is 2.42. The number of anilines is 1. The van der Waals surface area contributed by atoms with Gasteiger partial charge in [-0.15, -0.1) is 0 Å². The minimum atomic E-state index is -0.214. The van der Waals surface area contributed by atoms with Crippen LogP contribution in [-0.4, -0.2) is 73.6 Å². The third-order valence-electron chi connectivity index (χ3n) is 6.78. The van der Waals surface area contributed by atoms with Crippen LogP contribution in [0.3, 0.4) is 0 Å². The van der Waals surface area contributed by atoms with Crippen molar-refractivity contribution in [2.45, 2.75) is 45.3 Å². The molecule has 0 unspecified atom stereocenters. The molecule has 0 spiro atoms. The van der Waals surface area contributed by atoms with E-state index in [-0.39, 0.29) is 17.7 Å². The number of carbonyl (C=O) groups excluding carboxylic acids is 2. The van der Waals surface area contributed by atoms with E-state index in [9.17, 15) is 9.59 Å². The van der Waals surface area contributed by atoms with Crippen molar-refractivity contribution in [1.29, 1.82) is 0 Å². The van der Waals surface area contributed by atoms with Gasteiger partial charge in [-0.05, 0) is 49.9 Å². The third kappa shape index (κ3) is 3.67. The van der Waals surface area contributed by atoms with E-state index < -0.39 is 0 Å². The largest absolute Gasteiger partial charge is 0.381 e. The van der Waals surface area contributed by atoms with Gasteiger partial charge in [-0.3, -0.25) is 14.5 Å². The Hall–Kier alpha value is -1.92. The molecular formula is C22H31N3O3. The molecule has 0 aromatic heterocycles. The van der Waals surface area contributed by atoms with Crippen molar-refractivity contribution in [3.63, 3.8) is 0 Å². The second kappa shape index (κ2) is 7.84. The van der Waals surface area contributed by atoms with Crippen molar-refractivity contribution in [3.8, 4) is 0 Å². The van der Waals surface area contributed by atoms with Crippen LogP contribution in [0.25, 0.3) is 0 Å². The van der Waals surface area contributed by atoms with E-state index in [2.05, 4.69) is 18.7 Å². The lowest BCUT2D eigenvalue weighted by molar-refractivity contribution is -0.143. The van der Waals surface area contributed by atoms with E-state index >= 15 is 0 Å². The van der Waals surface area contributed by atoms with Gasteiger partial charge in [0.1, 0.15) is 0 Å². The topological polar surface area (TPSA) is 53.1 Å². The lowest BCUT2D eigenvalue weighted by atomic mass is 9.98. The van der Waals surface area contributed by atoms with E-state index in [1.165, 1.54) is 11.1 Å². The van der Waals surface area contributed by atoms with Crippen molar-refractivity contribution in [3.05, 3.63) is 29.3 Å². The Morgan fingerprint density at radius 3 is 2.43 bits per heavy atom. The van der Waals surface area contributed by atoms with Crippen LogP contribution in [0, 0.1) is 19.8 Å². The number of aryl methyl sites for hydroxylation is 2. The summed E-state index contributed by atoms with van der Waals surface area (Å²) in [5.41, 5.74) is 3.29. The highest BCUT2D eigenvalue weighted by molar-refractivity contribution is 6.00. The molecule has 0 aliphatic carbocycles. The van der Waals surface area contributed by atoms with Gasteiger partial charge in [-0.2, -0.15) is 0 Å². The number of benzene rings is 1. The Labute approximate surface area is 167 Å². The van der Waals surface area contributed by atoms with Gasteiger partial charge in [0.15, 0.2) is 0 Å². The van der Waals surface area contributed by atoms with Crippen LogP contribution < -0.4 is 4.90 Å². The summed E-state index contributed by atoms with van der Waals surface area (Å²) in [5, 5.41) is 0. The number of likely N-dealkylation sites (tertiary alicyclic amines) is 2. The second-order valence-corrected chi connectivity index (χ2v) is 8.54. The number of methoxy groups -OCH3 is 1. The molecule has 0 bridgehead atoms. The van der Waals surface area contributed by atoms with E-state index in [0.717, 1.165) is 44.7 Å². The first-order chi connectivity index (χ1) is 13.5. The minimum absolute atomic E-state index is 0.0558. The zero-order valence-corrected chi connectivity index (χ0v) is 17.2. The maximum absolute atomic E-state index is 12.9. The number of amides is 2. The smallest absolute Gasteiger partial charge is 0.228 e. The van der Waals surface area contributed by atoms with Gasteiger partial charge >= 0.3 is 0 Å². The Bertz CT molecular complexity index is 751. The Morgan fingerprint density at radius 1 is 1.07 bits per heavy atom. The van der Waals surface area contributed by atoms with Crippen LogP contribution in [0.15, 0.2) is 18.2 Å². The number of hydrogen-bond acceptors (Lipinski definition) is 4. The standard InChI is InChI=1S/C22H31N3O3/c1-15-4-5-18(10-16(15)2)25-12-17(11-21(25)26)22(27)24-13-19(14-24)23-8-6-20(28-3)7-9-23/h4-5,10,17,19-20H,6-9,11-14H2,1-3H3/t17-/m1/s1. The van der Waals surface area contributed by atoms with Crippen molar-refractivity contribution in [1.82, 2.24) is 9.80 Å². The predicted octanol–water partition coefficient (Wildman–Crippen LogP) is 1.98. The van der Waals surface area contributed by atoms with Gasteiger partial charge in [0.05, 0.1) is 12.0 Å². The fourth-order valence-electron chi connectivity index (χ4n) is 4.62. The lowest BCUT2D eigenvalue weighted by Gasteiger charge is -2.48. The van der Waals surface area contributed by atoms with Crippen LogP contribution in [0.2, 0.25) is 0 Å². The van der Waals surface area contributed by atoms with Crippen LogP contribution in [0.4, 0.5) is 5.69 Å². The monoisotopic (exact) mass is 385 g/mol. The van der Waals surface area contributed by atoms with Gasteiger partial charge < -0.3 is 14.5 Å². The van der Waals surface area contributed by atoms with Crippen LogP contribution in [0.1, 0.15) is 30.4 Å². The van der Waals surface area contributed by atoms with Gasteiger partial charge in [-0.25, -0.2) is 0 Å². The van der Waals surface area contributed by atoms with Gasteiger partial charge in [-0.1, -0.05) is 6.07 Å². The summed E-state index contributed by atoms with van der Waals surface area (Å²) in [6.07, 6.45) is 2.85. The number of ether oxygens (including phenoxy) is 1. The molecule has 1 aromatic rings. The molecule has 3 aliphatic rings. The number of rotatable bonds is 4. The third-order valence-corrected chi connectivity index (χ3v) is 6.78. The molecule has 3 heterocycles. The molecule has 4 rings (SSSR count). The molecule has 1 atom stereocenters. The molecular weight excluding hydrogens is 354 g/mol. The quantitative estimate of drug-likeness (QED) is 0.795. The number of piperidine rings is 1. The second-order valence-electron chi connectivity index (χ2n) is 8.54. The molecule has 3 saturated heterocycles. The van der Waals surface area contributed by atoms with Gasteiger partial charge in [0, 0.05) is 58.0 Å². The Kier molecular flexibility index (Phi) is 5.43. The zero-order valence-electron chi connectivity index (χ0n) is 17.2. The fourth-order valence-corrected chi connectivity index (χ4v) is 4.62. The zero-order chi connectivity index (χ0) is 19.8. The average molecular weight is 386 g/mol. The first-order valence-electron chi connectivity index (χ1n) is 10.4. The first kappa shape index (κ1) is 19.4. The summed E-state index contributed by atoms with van der Waals surface area (Å²) < 4.78 is 5.44. The fraction of sp³-hybridized carbons (Fsp3) is 0.636. The molecule has 2 amide bonds. The summed E-state index contributed by atoms with van der Waals surface area (Å²) in [7, 11) is 1.79. The van der Waals surface area contributed by atoms with E-state index in [1.54, 1.807) is 12.0 Å². The molecule has 28 heavy (non-hydrogen) atoms. The Morgan fingerprint density at radius 2 is 1.79 bits per heavy atom. The predicted molar refractivity (Wildman–Crippen MR) is 108 cm³/mol. The highest BCUT2D eigenvalue weighted by Crippen LogP contribution is 2.30. The van der Waals surface area contributed by atoms with Crippen molar-refractivity contribution >= 4 is 17.5 Å². The molecule has 6 nitrogen and oxygen atoms in total. The molecule has 3 fully saturated rings. The SMILES string of the molecule is COC1CCN(C2CN(C(=O)[C@@H]3CC(=O)N(c4ccc(C)c(C)c4)C3)C2)CC1. The molecule has 0 saturated carbocycles. The van der Waals surface area contributed by atoms with Crippen LogP contribution in [-0.2, 0) is 14.3 Å². The molecule has 152 valence electrons. The molecule has 1 aromatic carbocycles. The molecule has 0 radical (unpaired) electrons. The maximum atomic E-state index is 12.9. The number of carbonyl (C=O) groups is 2. The molecule has 3 aliphatic heterocycles. The van der Waals surface area contributed by atoms with Crippen molar-refractivity contribution in [2.75, 3.05) is 44.7 Å². The number of nitrogens with zero attached hydrogens (tertiary/aromatic N) is 3. The van der Waals surface area contributed by atoms with E-state index in [4.69, 9.17) is 4.74 Å². The maximum Gasteiger partial charge on any atom is 0.228 e.